The Balaban J connectivity index is 2.30. The van der Waals surface area contributed by atoms with E-state index in [0.717, 1.165) is 11.3 Å². The second kappa shape index (κ2) is 5.09. The second-order valence-electron chi connectivity index (χ2n) is 4.52. The predicted molar refractivity (Wildman–Crippen MR) is 73.1 cm³/mol. The third-order valence-corrected chi connectivity index (χ3v) is 3.02. The van der Waals surface area contributed by atoms with E-state index in [1.54, 1.807) is 23.0 Å². The largest absolute Gasteiger partial charge is 0.371 e. The molecule has 2 rings (SSSR count). The van der Waals surface area contributed by atoms with Crippen molar-refractivity contribution in [2.45, 2.75) is 19.9 Å². The lowest BCUT2D eigenvalue weighted by molar-refractivity contribution is -0.384. The molecule has 0 aliphatic rings. The average molecular weight is 260 g/mol. The highest BCUT2D eigenvalue weighted by molar-refractivity contribution is 5.63. The molecule has 1 aromatic heterocycles. The Morgan fingerprint density at radius 3 is 2.74 bits per heavy atom. The van der Waals surface area contributed by atoms with Gasteiger partial charge in [-0.15, -0.1) is 0 Å². The summed E-state index contributed by atoms with van der Waals surface area (Å²) in [6, 6.07) is 6.86. The predicted octanol–water partition coefficient (Wildman–Crippen LogP) is 2.81. The van der Waals surface area contributed by atoms with Crippen LogP contribution in [0.15, 0.2) is 30.5 Å². The Morgan fingerprint density at radius 1 is 1.42 bits per heavy atom. The third-order valence-electron chi connectivity index (χ3n) is 3.02. The molecule has 100 valence electrons. The zero-order valence-corrected chi connectivity index (χ0v) is 11.1. The van der Waals surface area contributed by atoms with Gasteiger partial charge in [-0.2, -0.15) is 5.10 Å². The number of anilines is 1. The standard InChI is InChI=1S/C13H16N4O2/c1-9-4-5-13(17(18)19)11(8-9)15-10(2)12-6-7-14-16(12)3/h4-8,10,15H,1-3H3. The molecule has 0 amide bonds. The van der Waals surface area contributed by atoms with Crippen LogP contribution in [-0.4, -0.2) is 14.7 Å². The summed E-state index contributed by atoms with van der Waals surface area (Å²) in [5.74, 6) is 0. The van der Waals surface area contributed by atoms with Crippen molar-refractivity contribution in [1.29, 1.82) is 0 Å². The summed E-state index contributed by atoms with van der Waals surface area (Å²) in [6.45, 7) is 3.85. The van der Waals surface area contributed by atoms with E-state index in [0.29, 0.717) is 5.69 Å². The van der Waals surface area contributed by atoms with Crippen LogP contribution in [0.3, 0.4) is 0 Å². The summed E-state index contributed by atoms with van der Waals surface area (Å²) in [4.78, 5) is 10.6. The zero-order valence-electron chi connectivity index (χ0n) is 11.1. The Labute approximate surface area is 111 Å². The van der Waals surface area contributed by atoms with Gasteiger partial charge in [0.25, 0.3) is 5.69 Å². The monoisotopic (exact) mass is 260 g/mol. The van der Waals surface area contributed by atoms with Crippen LogP contribution in [0.25, 0.3) is 0 Å². The van der Waals surface area contributed by atoms with E-state index in [9.17, 15) is 10.1 Å². The Bertz CT molecular complexity index is 606. The van der Waals surface area contributed by atoms with Gasteiger partial charge in [0.2, 0.25) is 0 Å². The van der Waals surface area contributed by atoms with Crippen LogP contribution in [0.5, 0.6) is 0 Å². The number of aryl methyl sites for hydroxylation is 2. The van der Waals surface area contributed by atoms with Crippen LogP contribution in [0.2, 0.25) is 0 Å². The normalized spacial score (nSPS) is 12.2. The van der Waals surface area contributed by atoms with Crippen LogP contribution in [0.1, 0.15) is 24.2 Å². The van der Waals surface area contributed by atoms with E-state index in [1.807, 2.05) is 27.0 Å². The van der Waals surface area contributed by atoms with Crippen molar-refractivity contribution < 1.29 is 4.92 Å². The van der Waals surface area contributed by atoms with Crippen molar-refractivity contribution in [1.82, 2.24) is 9.78 Å². The summed E-state index contributed by atoms with van der Waals surface area (Å²) < 4.78 is 1.75. The molecular weight excluding hydrogens is 244 g/mol. The number of aromatic nitrogens is 2. The minimum Gasteiger partial charge on any atom is -0.371 e. The first-order valence-corrected chi connectivity index (χ1v) is 5.98. The van der Waals surface area contributed by atoms with E-state index in [2.05, 4.69) is 10.4 Å². The molecule has 0 fully saturated rings. The van der Waals surface area contributed by atoms with Crippen molar-refractivity contribution in [3.8, 4) is 0 Å². The lowest BCUT2D eigenvalue weighted by Crippen LogP contribution is -2.12. The summed E-state index contributed by atoms with van der Waals surface area (Å²) >= 11 is 0. The number of rotatable bonds is 4. The van der Waals surface area contributed by atoms with Crippen LogP contribution in [0, 0.1) is 17.0 Å². The molecular formula is C13H16N4O2. The fourth-order valence-corrected chi connectivity index (χ4v) is 2.04. The van der Waals surface area contributed by atoms with Crippen LogP contribution in [-0.2, 0) is 7.05 Å². The molecule has 0 spiro atoms. The van der Waals surface area contributed by atoms with E-state index >= 15 is 0 Å². The molecule has 1 N–H and O–H groups in total. The first-order chi connectivity index (χ1) is 8.99. The molecule has 1 heterocycles. The first-order valence-electron chi connectivity index (χ1n) is 5.98. The van der Waals surface area contributed by atoms with Gasteiger partial charge in [-0.3, -0.25) is 14.8 Å². The number of nitrogens with one attached hydrogen (secondary N) is 1. The number of nitro benzene ring substituents is 1. The molecule has 1 atom stereocenters. The molecule has 1 unspecified atom stereocenters. The molecule has 0 saturated carbocycles. The molecule has 1 aromatic carbocycles. The summed E-state index contributed by atoms with van der Waals surface area (Å²) in [5, 5.41) is 18.3. The lowest BCUT2D eigenvalue weighted by atomic mass is 10.1. The zero-order chi connectivity index (χ0) is 14.0. The maximum atomic E-state index is 11.0. The van der Waals surface area contributed by atoms with Gasteiger partial charge >= 0.3 is 0 Å². The number of hydrogen-bond donors (Lipinski definition) is 1. The SMILES string of the molecule is Cc1ccc([N+](=O)[O-])c(NC(C)c2ccnn2C)c1. The Hall–Kier alpha value is -2.37. The van der Waals surface area contributed by atoms with E-state index < -0.39 is 0 Å². The number of hydrogen-bond acceptors (Lipinski definition) is 4. The Morgan fingerprint density at radius 2 is 2.16 bits per heavy atom. The molecule has 0 saturated heterocycles. The topological polar surface area (TPSA) is 73.0 Å². The lowest BCUT2D eigenvalue weighted by Gasteiger charge is -2.16. The summed E-state index contributed by atoms with van der Waals surface area (Å²) in [6.07, 6.45) is 1.71. The highest BCUT2D eigenvalue weighted by atomic mass is 16.6. The summed E-state index contributed by atoms with van der Waals surface area (Å²) in [7, 11) is 1.85. The molecule has 19 heavy (non-hydrogen) atoms. The van der Waals surface area contributed by atoms with Crippen LogP contribution in [0.4, 0.5) is 11.4 Å². The average Bonchev–Trinajstić information content (AvgIpc) is 2.75. The maximum Gasteiger partial charge on any atom is 0.292 e. The molecule has 0 radical (unpaired) electrons. The fourth-order valence-electron chi connectivity index (χ4n) is 2.04. The third kappa shape index (κ3) is 2.73. The van der Waals surface area contributed by atoms with Crippen molar-refractivity contribution in [2.24, 2.45) is 7.05 Å². The van der Waals surface area contributed by atoms with Crippen molar-refractivity contribution >= 4 is 11.4 Å². The van der Waals surface area contributed by atoms with Gasteiger partial charge in [0.05, 0.1) is 16.7 Å². The molecule has 2 aromatic rings. The van der Waals surface area contributed by atoms with Crippen molar-refractivity contribution in [3.63, 3.8) is 0 Å². The van der Waals surface area contributed by atoms with Crippen LogP contribution < -0.4 is 5.32 Å². The fraction of sp³-hybridized carbons (Fsp3) is 0.308. The van der Waals surface area contributed by atoms with Gasteiger partial charge in [0, 0.05) is 19.3 Å². The minimum absolute atomic E-state index is 0.0620. The molecule has 6 nitrogen and oxygen atoms in total. The highest BCUT2D eigenvalue weighted by Crippen LogP contribution is 2.28. The van der Waals surface area contributed by atoms with E-state index in [4.69, 9.17) is 0 Å². The smallest absolute Gasteiger partial charge is 0.292 e. The number of benzene rings is 1. The van der Waals surface area contributed by atoms with Gasteiger partial charge in [0.15, 0.2) is 0 Å². The molecule has 6 heteroatoms. The number of nitro groups is 1. The Kier molecular flexibility index (Phi) is 3.50. The van der Waals surface area contributed by atoms with Gasteiger partial charge in [0.1, 0.15) is 5.69 Å². The van der Waals surface area contributed by atoms with Gasteiger partial charge in [-0.05, 0) is 31.5 Å². The first kappa shape index (κ1) is 13.1. The van der Waals surface area contributed by atoms with E-state index in [-0.39, 0.29) is 16.7 Å². The van der Waals surface area contributed by atoms with E-state index in [1.165, 1.54) is 6.07 Å². The maximum absolute atomic E-state index is 11.0. The van der Waals surface area contributed by atoms with Gasteiger partial charge in [-0.1, -0.05) is 6.07 Å². The van der Waals surface area contributed by atoms with Crippen molar-refractivity contribution in [2.75, 3.05) is 5.32 Å². The molecule has 0 aliphatic carbocycles. The van der Waals surface area contributed by atoms with Crippen LogP contribution >= 0.6 is 0 Å². The summed E-state index contributed by atoms with van der Waals surface area (Å²) in [5.41, 5.74) is 2.56. The van der Waals surface area contributed by atoms with Gasteiger partial charge < -0.3 is 5.32 Å². The highest BCUT2D eigenvalue weighted by Gasteiger charge is 2.17. The molecule has 0 bridgehead atoms. The van der Waals surface area contributed by atoms with Gasteiger partial charge in [-0.25, -0.2) is 0 Å². The second-order valence-corrected chi connectivity index (χ2v) is 4.52. The minimum atomic E-state index is -0.377. The molecule has 0 aliphatic heterocycles. The quantitative estimate of drug-likeness (QED) is 0.677. The number of nitrogens with zero attached hydrogens (tertiary/aromatic N) is 3. The van der Waals surface area contributed by atoms with Crippen molar-refractivity contribution in [3.05, 3.63) is 51.8 Å².